The lowest BCUT2D eigenvalue weighted by atomic mass is 9.81. The third-order valence-electron chi connectivity index (χ3n) is 4.46. The lowest BCUT2D eigenvalue weighted by molar-refractivity contribution is -0.136. The van der Waals surface area contributed by atoms with Crippen LogP contribution in [0, 0.1) is 5.92 Å². The van der Waals surface area contributed by atoms with Crippen LogP contribution in [0.15, 0.2) is 35.2 Å². The summed E-state index contributed by atoms with van der Waals surface area (Å²) in [6, 6.07) is 8.30. The summed E-state index contributed by atoms with van der Waals surface area (Å²) in [6.07, 6.45) is 2.31. The lowest BCUT2D eigenvalue weighted by Gasteiger charge is -2.44. The number of Topliss-reactive ketones (excluding diaryl/α,β-unsaturated/α-hetero) is 1. The molecule has 3 heterocycles. The van der Waals surface area contributed by atoms with Crippen molar-refractivity contribution in [3.05, 3.63) is 30.3 Å². The molecule has 1 aromatic carbocycles. The number of nitrogens with zero attached hydrogens (tertiary/aromatic N) is 1. The molecule has 0 aliphatic carbocycles. The molecule has 20 heavy (non-hydrogen) atoms. The van der Waals surface area contributed by atoms with Crippen LogP contribution in [0.1, 0.15) is 19.3 Å². The summed E-state index contributed by atoms with van der Waals surface area (Å²) in [5.41, 5.74) is 0. The molecule has 4 rings (SSSR count). The Hall–Kier alpha value is -1.20. The predicted molar refractivity (Wildman–Crippen MR) is 76.2 cm³/mol. The number of sulfone groups is 1. The van der Waals surface area contributed by atoms with Crippen molar-refractivity contribution in [2.45, 2.75) is 30.2 Å². The SMILES string of the molecule is O=C1C2CCN(CC2)C1CCS(=O)(=O)c1ccccc1. The maximum absolute atomic E-state index is 12.3. The Kier molecular flexibility index (Phi) is 3.65. The first-order valence-corrected chi connectivity index (χ1v) is 8.79. The first-order chi connectivity index (χ1) is 9.58. The van der Waals surface area contributed by atoms with Gasteiger partial charge in [-0.2, -0.15) is 0 Å². The number of carbonyl (C=O) groups is 1. The highest BCUT2D eigenvalue weighted by atomic mass is 32.2. The number of carbonyl (C=O) groups excluding carboxylic acids is 1. The van der Waals surface area contributed by atoms with Gasteiger partial charge < -0.3 is 0 Å². The molecule has 0 amide bonds. The Morgan fingerprint density at radius 3 is 2.35 bits per heavy atom. The van der Waals surface area contributed by atoms with Crippen LogP contribution < -0.4 is 0 Å². The molecule has 1 atom stereocenters. The standard InChI is InChI=1S/C15H19NO3S/c17-15-12-6-9-16(10-7-12)14(15)8-11-20(18,19)13-4-2-1-3-5-13/h1-5,12,14H,6-11H2. The fourth-order valence-corrected chi connectivity index (χ4v) is 4.63. The molecule has 0 N–H and O–H groups in total. The van der Waals surface area contributed by atoms with Crippen LogP contribution in [0.5, 0.6) is 0 Å². The van der Waals surface area contributed by atoms with Crippen molar-refractivity contribution in [2.75, 3.05) is 18.8 Å². The minimum Gasteiger partial charge on any atom is -0.298 e. The molecule has 3 fully saturated rings. The van der Waals surface area contributed by atoms with Gasteiger partial charge in [-0.3, -0.25) is 9.69 Å². The van der Waals surface area contributed by atoms with E-state index >= 15 is 0 Å². The number of rotatable bonds is 4. The molecule has 108 valence electrons. The molecule has 5 heteroatoms. The monoisotopic (exact) mass is 293 g/mol. The highest BCUT2D eigenvalue weighted by Gasteiger charge is 2.41. The fourth-order valence-electron chi connectivity index (χ4n) is 3.28. The van der Waals surface area contributed by atoms with Gasteiger partial charge in [-0.25, -0.2) is 8.42 Å². The molecule has 3 aliphatic heterocycles. The third-order valence-corrected chi connectivity index (χ3v) is 6.23. The molecule has 0 radical (unpaired) electrons. The predicted octanol–water partition coefficient (Wildman–Crippen LogP) is 1.51. The number of piperidine rings is 3. The zero-order valence-corrected chi connectivity index (χ0v) is 12.2. The second-order valence-electron chi connectivity index (χ2n) is 5.65. The summed E-state index contributed by atoms with van der Waals surface area (Å²) in [4.78, 5) is 14.7. The molecule has 2 bridgehead atoms. The van der Waals surface area contributed by atoms with E-state index in [-0.39, 0.29) is 23.5 Å². The van der Waals surface area contributed by atoms with E-state index in [0.29, 0.717) is 11.3 Å². The second kappa shape index (κ2) is 5.30. The van der Waals surface area contributed by atoms with E-state index in [4.69, 9.17) is 0 Å². The maximum Gasteiger partial charge on any atom is 0.178 e. The molecule has 3 aliphatic rings. The van der Waals surface area contributed by atoms with Crippen molar-refractivity contribution >= 4 is 15.6 Å². The van der Waals surface area contributed by atoms with Crippen LogP contribution in [-0.4, -0.2) is 44.0 Å². The quantitative estimate of drug-likeness (QED) is 0.844. The molecule has 1 unspecified atom stereocenters. The van der Waals surface area contributed by atoms with E-state index in [1.54, 1.807) is 30.3 Å². The third kappa shape index (κ3) is 2.52. The van der Waals surface area contributed by atoms with Gasteiger partial charge in [-0.15, -0.1) is 0 Å². The van der Waals surface area contributed by atoms with Crippen molar-refractivity contribution in [1.82, 2.24) is 4.90 Å². The van der Waals surface area contributed by atoms with Gasteiger partial charge in [0.1, 0.15) is 0 Å². The van der Waals surface area contributed by atoms with Gasteiger partial charge in [-0.1, -0.05) is 18.2 Å². The number of hydrogen-bond donors (Lipinski definition) is 0. The number of benzene rings is 1. The van der Waals surface area contributed by atoms with Crippen LogP contribution in [-0.2, 0) is 14.6 Å². The van der Waals surface area contributed by atoms with Crippen LogP contribution in [0.3, 0.4) is 0 Å². The Morgan fingerprint density at radius 2 is 1.75 bits per heavy atom. The molecule has 0 spiro atoms. The van der Waals surface area contributed by atoms with Gasteiger partial charge in [0.2, 0.25) is 0 Å². The van der Waals surface area contributed by atoms with Gasteiger partial charge in [0.25, 0.3) is 0 Å². The maximum atomic E-state index is 12.3. The molecule has 0 saturated carbocycles. The van der Waals surface area contributed by atoms with E-state index in [0.717, 1.165) is 25.9 Å². The van der Waals surface area contributed by atoms with E-state index in [1.165, 1.54) is 0 Å². The minimum absolute atomic E-state index is 0.0522. The summed E-state index contributed by atoms with van der Waals surface area (Å²) < 4.78 is 24.5. The lowest BCUT2D eigenvalue weighted by Crippen LogP contribution is -2.55. The number of fused-ring (bicyclic) bond motifs is 3. The Balaban J connectivity index is 1.69. The summed E-state index contributed by atoms with van der Waals surface area (Å²) in [6.45, 7) is 1.87. The van der Waals surface area contributed by atoms with E-state index in [1.807, 2.05) is 0 Å². The summed E-state index contributed by atoms with van der Waals surface area (Å²) in [7, 11) is -3.28. The Morgan fingerprint density at radius 1 is 1.10 bits per heavy atom. The van der Waals surface area contributed by atoms with E-state index < -0.39 is 9.84 Å². The van der Waals surface area contributed by atoms with E-state index in [2.05, 4.69) is 4.90 Å². The van der Waals surface area contributed by atoms with Gasteiger partial charge in [0.15, 0.2) is 15.6 Å². The molecule has 4 nitrogen and oxygen atoms in total. The average molecular weight is 293 g/mol. The van der Waals surface area contributed by atoms with Gasteiger partial charge in [-0.05, 0) is 44.5 Å². The number of ketones is 1. The van der Waals surface area contributed by atoms with Crippen molar-refractivity contribution in [3.63, 3.8) is 0 Å². The summed E-state index contributed by atoms with van der Waals surface area (Å²) in [5, 5.41) is 0. The van der Waals surface area contributed by atoms with Gasteiger partial charge >= 0.3 is 0 Å². The fraction of sp³-hybridized carbons (Fsp3) is 0.533. The largest absolute Gasteiger partial charge is 0.298 e. The van der Waals surface area contributed by atoms with Crippen LogP contribution >= 0.6 is 0 Å². The Labute approximate surface area is 119 Å². The zero-order valence-electron chi connectivity index (χ0n) is 11.4. The highest BCUT2D eigenvalue weighted by molar-refractivity contribution is 7.91. The normalized spacial score (nSPS) is 29.6. The summed E-state index contributed by atoms with van der Waals surface area (Å²) >= 11 is 0. The first-order valence-electron chi connectivity index (χ1n) is 7.13. The highest BCUT2D eigenvalue weighted by Crippen LogP contribution is 2.31. The Bertz CT molecular complexity index is 589. The second-order valence-corrected chi connectivity index (χ2v) is 7.76. The molecule has 3 saturated heterocycles. The molecular formula is C15H19NO3S. The van der Waals surface area contributed by atoms with E-state index in [9.17, 15) is 13.2 Å². The smallest absolute Gasteiger partial charge is 0.178 e. The van der Waals surface area contributed by atoms with Crippen molar-refractivity contribution in [3.8, 4) is 0 Å². The van der Waals surface area contributed by atoms with Crippen LogP contribution in [0.4, 0.5) is 0 Å². The first kappa shape index (κ1) is 13.8. The van der Waals surface area contributed by atoms with Crippen LogP contribution in [0.25, 0.3) is 0 Å². The van der Waals surface area contributed by atoms with Gasteiger partial charge in [0.05, 0.1) is 16.7 Å². The van der Waals surface area contributed by atoms with Crippen LogP contribution in [0.2, 0.25) is 0 Å². The number of hydrogen-bond acceptors (Lipinski definition) is 4. The molecule has 0 aromatic heterocycles. The van der Waals surface area contributed by atoms with Crippen molar-refractivity contribution < 1.29 is 13.2 Å². The van der Waals surface area contributed by atoms with Crippen molar-refractivity contribution in [2.24, 2.45) is 5.92 Å². The van der Waals surface area contributed by atoms with Crippen molar-refractivity contribution in [1.29, 1.82) is 0 Å². The minimum atomic E-state index is -3.28. The summed E-state index contributed by atoms with van der Waals surface area (Å²) in [5.74, 6) is 0.478. The van der Waals surface area contributed by atoms with Gasteiger partial charge in [0, 0.05) is 5.92 Å². The zero-order chi connectivity index (χ0) is 14.2. The molecule has 1 aromatic rings. The molecular weight excluding hydrogens is 274 g/mol. The topological polar surface area (TPSA) is 54.5 Å². The average Bonchev–Trinajstić information content (AvgIpc) is 2.48.